The van der Waals surface area contributed by atoms with Gasteiger partial charge < -0.3 is 8.98 Å². The number of rotatable bonds is 5. The van der Waals surface area contributed by atoms with Crippen LogP contribution < -0.4 is 4.72 Å². The average molecular weight is 333 g/mol. The second-order valence-electron chi connectivity index (χ2n) is 5.18. The van der Waals surface area contributed by atoms with Crippen molar-refractivity contribution < 1.29 is 12.8 Å². The summed E-state index contributed by atoms with van der Waals surface area (Å²) in [5.74, 6) is 0.315. The summed E-state index contributed by atoms with van der Waals surface area (Å²) in [4.78, 5) is 3.95. The number of hydrogen-bond acceptors (Lipinski definition) is 6. The smallest absolute Gasteiger partial charge is 0.280 e. The van der Waals surface area contributed by atoms with E-state index in [0.29, 0.717) is 17.1 Å². The quantitative estimate of drug-likeness (QED) is 0.768. The number of imidazole rings is 1. The maximum Gasteiger partial charge on any atom is 0.280 e. The summed E-state index contributed by atoms with van der Waals surface area (Å²) in [7, 11) is -3.76. The van der Waals surface area contributed by atoms with Gasteiger partial charge in [0.2, 0.25) is 12.3 Å². The molecular formula is C14H15N5O3S. The minimum absolute atomic E-state index is 0.0330. The van der Waals surface area contributed by atoms with Crippen molar-refractivity contribution in [3.8, 4) is 11.5 Å². The Bertz CT molecular complexity index is 900. The number of benzene rings is 1. The minimum Gasteiger partial charge on any atom is -0.423 e. The van der Waals surface area contributed by atoms with E-state index in [2.05, 4.69) is 19.9 Å². The van der Waals surface area contributed by atoms with E-state index in [1.807, 2.05) is 13.8 Å². The highest BCUT2D eigenvalue weighted by molar-refractivity contribution is 7.92. The third-order valence-corrected chi connectivity index (χ3v) is 4.44. The van der Waals surface area contributed by atoms with Gasteiger partial charge in [-0.25, -0.2) is 4.98 Å². The van der Waals surface area contributed by atoms with E-state index in [9.17, 15) is 8.42 Å². The van der Waals surface area contributed by atoms with Crippen molar-refractivity contribution in [2.45, 2.75) is 24.9 Å². The lowest BCUT2D eigenvalue weighted by atomic mass is 10.2. The van der Waals surface area contributed by atoms with Crippen LogP contribution in [0.15, 0.2) is 52.6 Å². The van der Waals surface area contributed by atoms with Gasteiger partial charge in [0.15, 0.2) is 5.03 Å². The van der Waals surface area contributed by atoms with Crippen LogP contribution in [0.3, 0.4) is 0 Å². The van der Waals surface area contributed by atoms with Gasteiger partial charge in [0.05, 0.1) is 6.33 Å². The number of anilines is 1. The van der Waals surface area contributed by atoms with E-state index >= 15 is 0 Å². The highest BCUT2D eigenvalue weighted by Crippen LogP contribution is 2.22. The second kappa shape index (κ2) is 5.84. The molecule has 0 radical (unpaired) electrons. The van der Waals surface area contributed by atoms with Crippen molar-refractivity contribution in [2.75, 3.05) is 4.72 Å². The van der Waals surface area contributed by atoms with E-state index < -0.39 is 10.0 Å². The number of hydrogen-bond donors (Lipinski definition) is 1. The van der Waals surface area contributed by atoms with E-state index in [4.69, 9.17) is 4.42 Å². The van der Waals surface area contributed by atoms with Crippen LogP contribution in [0.4, 0.5) is 5.69 Å². The van der Waals surface area contributed by atoms with Crippen LogP contribution in [0.5, 0.6) is 0 Å². The van der Waals surface area contributed by atoms with Crippen LogP contribution in [0.1, 0.15) is 19.9 Å². The van der Waals surface area contributed by atoms with Gasteiger partial charge in [-0.05, 0) is 32.0 Å². The van der Waals surface area contributed by atoms with Gasteiger partial charge in [0.1, 0.15) is 0 Å². The van der Waals surface area contributed by atoms with Crippen molar-refractivity contribution in [1.82, 2.24) is 19.7 Å². The Hall–Kier alpha value is -2.68. The second-order valence-corrected chi connectivity index (χ2v) is 6.81. The average Bonchev–Trinajstić information content (AvgIpc) is 3.19. The molecule has 9 heteroatoms. The molecule has 1 N–H and O–H groups in total. The molecule has 0 saturated heterocycles. The van der Waals surface area contributed by atoms with Gasteiger partial charge in [-0.2, -0.15) is 8.42 Å². The maximum absolute atomic E-state index is 12.4. The first-order chi connectivity index (χ1) is 11.0. The third kappa shape index (κ3) is 3.24. The monoisotopic (exact) mass is 333 g/mol. The Morgan fingerprint density at radius 3 is 2.78 bits per heavy atom. The lowest BCUT2D eigenvalue weighted by Crippen LogP contribution is -2.13. The zero-order valence-electron chi connectivity index (χ0n) is 12.5. The molecule has 1 aromatic carbocycles. The highest BCUT2D eigenvalue weighted by atomic mass is 32.2. The van der Waals surface area contributed by atoms with Gasteiger partial charge in [-0.15, -0.1) is 10.2 Å². The summed E-state index contributed by atoms with van der Waals surface area (Å²) in [6.45, 7) is 3.89. The number of sulfonamides is 1. The van der Waals surface area contributed by atoms with Gasteiger partial charge in [0.25, 0.3) is 10.0 Å². The molecule has 0 spiro atoms. The normalized spacial score (nSPS) is 11.8. The first-order valence-electron chi connectivity index (χ1n) is 6.88. The topological polar surface area (TPSA) is 103 Å². The van der Waals surface area contributed by atoms with Crippen molar-refractivity contribution in [2.24, 2.45) is 0 Å². The molecule has 0 aliphatic carbocycles. The third-order valence-electron chi connectivity index (χ3n) is 3.17. The van der Waals surface area contributed by atoms with E-state index in [1.54, 1.807) is 28.8 Å². The molecule has 0 amide bonds. The van der Waals surface area contributed by atoms with Crippen molar-refractivity contribution in [3.63, 3.8) is 0 Å². The molecule has 3 aromatic rings. The molecule has 0 unspecified atom stereocenters. The Morgan fingerprint density at radius 1 is 1.30 bits per heavy atom. The summed E-state index contributed by atoms with van der Waals surface area (Å²) >= 11 is 0. The largest absolute Gasteiger partial charge is 0.423 e. The zero-order valence-corrected chi connectivity index (χ0v) is 13.4. The molecule has 2 aromatic heterocycles. The molecule has 0 atom stereocenters. The first kappa shape index (κ1) is 15.2. The molecule has 8 nitrogen and oxygen atoms in total. The summed E-state index contributed by atoms with van der Waals surface area (Å²) < 4.78 is 34.1. The van der Waals surface area contributed by atoms with Gasteiger partial charge in [0, 0.05) is 23.5 Å². The summed E-state index contributed by atoms with van der Waals surface area (Å²) in [6.07, 6.45) is 4.20. The Morgan fingerprint density at radius 2 is 2.13 bits per heavy atom. The fraction of sp³-hybridized carbons (Fsp3) is 0.214. The molecule has 3 rings (SSSR count). The number of nitrogens with one attached hydrogen (secondary N) is 1. The van der Waals surface area contributed by atoms with Crippen LogP contribution >= 0.6 is 0 Å². The Kier molecular flexibility index (Phi) is 3.87. The zero-order chi connectivity index (χ0) is 16.4. The minimum atomic E-state index is -3.76. The predicted octanol–water partition coefficient (Wildman–Crippen LogP) is 2.31. The van der Waals surface area contributed by atoms with E-state index in [0.717, 1.165) is 0 Å². The number of nitrogens with zero attached hydrogens (tertiary/aromatic N) is 4. The van der Waals surface area contributed by atoms with Crippen LogP contribution in [0.2, 0.25) is 0 Å². The van der Waals surface area contributed by atoms with Crippen LogP contribution in [-0.2, 0) is 10.0 Å². The van der Waals surface area contributed by atoms with Crippen LogP contribution in [0.25, 0.3) is 11.5 Å². The summed E-state index contributed by atoms with van der Waals surface area (Å²) in [6, 6.07) is 6.83. The summed E-state index contributed by atoms with van der Waals surface area (Å²) in [5, 5.41) is 7.36. The lowest BCUT2D eigenvalue weighted by Gasteiger charge is -2.07. The molecule has 2 heterocycles. The Labute approximate surface area is 133 Å². The van der Waals surface area contributed by atoms with Crippen molar-refractivity contribution in [1.29, 1.82) is 0 Å². The fourth-order valence-electron chi connectivity index (χ4n) is 1.96. The van der Waals surface area contributed by atoms with Crippen LogP contribution in [-0.4, -0.2) is 28.2 Å². The molecule has 0 aliphatic rings. The molecular weight excluding hydrogens is 318 g/mol. The molecule has 0 aliphatic heterocycles. The number of aromatic nitrogens is 4. The lowest BCUT2D eigenvalue weighted by molar-refractivity contribution is 0.568. The molecule has 23 heavy (non-hydrogen) atoms. The SMILES string of the molecule is CC(C)n1cnc(S(=O)(=O)Nc2cccc(-c3nnco3)c2)c1. The van der Waals surface area contributed by atoms with E-state index in [-0.39, 0.29) is 11.1 Å². The molecule has 0 fully saturated rings. The van der Waals surface area contributed by atoms with Crippen LogP contribution in [0, 0.1) is 0 Å². The van der Waals surface area contributed by atoms with Gasteiger partial charge in [-0.1, -0.05) is 6.07 Å². The molecule has 0 saturated carbocycles. The predicted molar refractivity (Wildman–Crippen MR) is 83.2 cm³/mol. The van der Waals surface area contributed by atoms with Gasteiger partial charge in [-0.3, -0.25) is 4.72 Å². The maximum atomic E-state index is 12.4. The fourth-order valence-corrected chi connectivity index (χ4v) is 2.95. The first-order valence-corrected chi connectivity index (χ1v) is 8.37. The molecule has 120 valence electrons. The Balaban J connectivity index is 1.87. The highest BCUT2D eigenvalue weighted by Gasteiger charge is 2.18. The van der Waals surface area contributed by atoms with E-state index in [1.165, 1.54) is 18.9 Å². The van der Waals surface area contributed by atoms with Crippen molar-refractivity contribution in [3.05, 3.63) is 43.2 Å². The summed E-state index contributed by atoms with van der Waals surface area (Å²) in [5.41, 5.74) is 1.01. The van der Waals surface area contributed by atoms with Gasteiger partial charge >= 0.3 is 0 Å². The molecule has 0 bridgehead atoms. The standard InChI is InChI=1S/C14H15N5O3S/c1-10(2)19-7-13(15-8-19)23(20,21)18-12-5-3-4-11(6-12)14-17-16-9-22-14/h3-10,18H,1-2H3. The van der Waals surface area contributed by atoms with Crippen molar-refractivity contribution >= 4 is 15.7 Å².